The van der Waals surface area contributed by atoms with E-state index < -0.39 is 0 Å². The van der Waals surface area contributed by atoms with Crippen LogP contribution in [0, 0.1) is 5.92 Å². The third-order valence-electron chi connectivity index (χ3n) is 4.44. The van der Waals surface area contributed by atoms with Crippen molar-refractivity contribution in [2.24, 2.45) is 5.92 Å². The molecule has 18 heavy (non-hydrogen) atoms. The first-order valence-electron chi connectivity index (χ1n) is 6.62. The molecule has 1 heterocycles. The highest BCUT2D eigenvalue weighted by Crippen LogP contribution is 2.48. The highest BCUT2D eigenvalue weighted by atomic mass is 16.2. The van der Waals surface area contributed by atoms with Gasteiger partial charge in [0.25, 0.3) is 0 Å². The fourth-order valence-electron chi connectivity index (χ4n) is 3.61. The van der Waals surface area contributed by atoms with Gasteiger partial charge in [0, 0.05) is 17.8 Å². The molecular formula is C15H17NO2. The first kappa shape index (κ1) is 11.5. The number of hydrogen-bond donors (Lipinski definition) is 1. The fourth-order valence-corrected chi connectivity index (χ4v) is 3.61. The van der Waals surface area contributed by atoms with Gasteiger partial charge < -0.3 is 0 Å². The molecule has 1 N–H and O–H groups in total. The molecule has 3 heteroatoms. The second kappa shape index (κ2) is 4.23. The standard InChI is InChI=1S/C15H17NO2/c17-13-10-15(11-6-2-1-3-7-11)9-5-4-8-12(15)14(18)16-13/h1-3,6-7,12H,4-5,8-10H2,(H,16,17,18)/t12-,15-/m1/s1. The second-order valence-electron chi connectivity index (χ2n) is 5.41. The summed E-state index contributed by atoms with van der Waals surface area (Å²) in [6.07, 6.45) is 4.48. The van der Waals surface area contributed by atoms with Crippen molar-refractivity contribution < 1.29 is 9.59 Å². The summed E-state index contributed by atoms with van der Waals surface area (Å²) in [5, 5.41) is 2.50. The van der Waals surface area contributed by atoms with Crippen LogP contribution in [0.2, 0.25) is 0 Å². The maximum Gasteiger partial charge on any atom is 0.230 e. The topological polar surface area (TPSA) is 46.2 Å². The largest absolute Gasteiger partial charge is 0.296 e. The van der Waals surface area contributed by atoms with Crippen molar-refractivity contribution in [3.63, 3.8) is 0 Å². The van der Waals surface area contributed by atoms with Gasteiger partial charge in [-0.05, 0) is 18.4 Å². The lowest BCUT2D eigenvalue weighted by Crippen LogP contribution is -2.55. The SMILES string of the molecule is O=C1C[C@@]2(c3ccccc3)CCCC[C@@H]2C(=O)N1. The van der Waals surface area contributed by atoms with Crippen molar-refractivity contribution >= 4 is 11.8 Å². The van der Waals surface area contributed by atoms with E-state index in [0.29, 0.717) is 6.42 Å². The van der Waals surface area contributed by atoms with Gasteiger partial charge in [-0.25, -0.2) is 0 Å². The lowest BCUT2D eigenvalue weighted by atomic mass is 9.59. The third kappa shape index (κ3) is 1.65. The lowest BCUT2D eigenvalue weighted by Gasteiger charge is -2.46. The van der Waals surface area contributed by atoms with E-state index in [1.165, 1.54) is 0 Å². The van der Waals surface area contributed by atoms with E-state index in [-0.39, 0.29) is 23.1 Å². The Labute approximate surface area is 107 Å². The third-order valence-corrected chi connectivity index (χ3v) is 4.44. The molecule has 0 spiro atoms. The quantitative estimate of drug-likeness (QED) is 0.768. The van der Waals surface area contributed by atoms with Crippen LogP contribution in [-0.4, -0.2) is 11.8 Å². The molecule has 1 saturated carbocycles. The molecule has 0 radical (unpaired) electrons. The molecule has 1 aliphatic carbocycles. The minimum atomic E-state index is -0.251. The highest BCUT2D eigenvalue weighted by Gasteiger charge is 2.50. The average molecular weight is 243 g/mol. The molecule has 0 unspecified atom stereocenters. The molecule has 1 saturated heterocycles. The predicted octanol–water partition coefficient (Wildman–Crippen LogP) is 2.16. The maximum absolute atomic E-state index is 12.1. The summed E-state index contributed by atoms with van der Waals surface area (Å²) >= 11 is 0. The summed E-state index contributed by atoms with van der Waals surface area (Å²) in [6.45, 7) is 0. The van der Waals surface area contributed by atoms with Crippen LogP contribution < -0.4 is 5.32 Å². The average Bonchev–Trinajstić information content (AvgIpc) is 2.39. The first-order valence-corrected chi connectivity index (χ1v) is 6.62. The Bertz CT molecular complexity index is 483. The summed E-state index contributed by atoms with van der Waals surface area (Å²) in [4.78, 5) is 23.9. The van der Waals surface area contributed by atoms with Crippen LogP contribution in [0.5, 0.6) is 0 Å². The summed E-state index contributed by atoms with van der Waals surface area (Å²) in [7, 11) is 0. The molecule has 2 atom stereocenters. The van der Waals surface area contributed by atoms with Gasteiger partial charge in [-0.2, -0.15) is 0 Å². The van der Waals surface area contributed by atoms with Gasteiger partial charge in [0.1, 0.15) is 0 Å². The molecule has 3 nitrogen and oxygen atoms in total. The van der Waals surface area contributed by atoms with Crippen LogP contribution in [0.25, 0.3) is 0 Å². The molecular weight excluding hydrogens is 226 g/mol. The van der Waals surface area contributed by atoms with E-state index in [4.69, 9.17) is 0 Å². The molecule has 1 aliphatic heterocycles. The summed E-state index contributed by atoms with van der Waals surface area (Å²) < 4.78 is 0. The molecule has 1 aromatic rings. The van der Waals surface area contributed by atoms with Crippen LogP contribution in [-0.2, 0) is 15.0 Å². The number of carbonyl (C=O) groups excluding carboxylic acids is 2. The van der Waals surface area contributed by atoms with Gasteiger partial charge in [-0.3, -0.25) is 14.9 Å². The lowest BCUT2D eigenvalue weighted by molar-refractivity contribution is -0.141. The summed E-state index contributed by atoms with van der Waals surface area (Å²) in [6, 6.07) is 10.1. The number of benzene rings is 1. The van der Waals surface area contributed by atoms with Gasteiger partial charge in [0.2, 0.25) is 11.8 Å². The summed E-state index contributed by atoms with van der Waals surface area (Å²) in [5.74, 6) is -0.233. The Hall–Kier alpha value is -1.64. The normalized spacial score (nSPS) is 31.7. The number of amides is 2. The van der Waals surface area contributed by atoms with Crippen LogP contribution in [0.15, 0.2) is 30.3 Å². The zero-order valence-corrected chi connectivity index (χ0v) is 10.3. The fraction of sp³-hybridized carbons (Fsp3) is 0.467. The number of fused-ring (bicyclic) bond motifs is 1. The zero-order valence-electron chi connectivity index (χ0n) is 10.3. The Balaban J connectivity index is 2.08. The van der Waals surface area contributed by atoms with E-state index in [1.54, 1.807) is 0 Å². The smallest absolute Gasteiger partial charge is 0.230 e. The van der Waals surface area contributed by atoms with Crippen molar-refractivity contribution in [2.45, 2.75) is 37.5 Å². The van der Waals surface area contributed by atoms with Gasteiger partial charge in [-0.15, -0.1) is 0 Å². The number of imide groups is 1. The Morgan fingerprint density at radius 3 is 2.67 bits per heavy atom. The van der Waals surface area contributed by atoms with Crippen molar-refractivity contribution in [3.8, 4) is 0 Å². The van der Waals surface area contributed by atoms with Crippen LogP contribution in [0.4, 0.5) is 0 Å². The molecule has 2 amide bonds. The highest BCUT2D eigenvalue weighted by molar-refractivity contribution is 6.00. The van der Waals surface area contributed by atoms with Crippen LogP contribution in [0.3, 0.4) is 0 Å². The van der Waals surface area contributed by atoms with Gasteiger partial charge >= 0.3 is 0 Å². The number of carbonyl (C=O) groups is 2. The minimum Gasteiger partial charge on any atom is -0.296 e. The molecule has 0 aromatic heterocycles. The van der Waals surface area contributed by atoms with Gasteiger partial charge in [-0.1, -0.05) is 43.2 Å². The second-order valence-corrected chi connectivity index (χ2v) is 5.41. The molecule has 2 aliphatic rings. The van der Waals surface area contributed by atoms with Crippen LogP contribution >= 0.6 is 0 Å². The molecule has 2 fully saturated rings. The number of piperidine rings is 1. The molecule has 94 valence electrons. The number of hydrogen-bond acceptors (Lipinski definition) is 2. The Kier molecular flexibility index (Phi) is 2.69. The van der Waals surface area contributed by atoms with E-state index >= 15 is 0 Å². The molecule has 0 bridgehead atoms. The number of rotatable bonds is 1. The Morgan fingerprint density at radius 1 is 1.11 bits per heavy atom. The van der Waals surface area contributed by atoms with Crippen molar-refractivity contribution in [1.82, 2.24) is 5.32 Å². The van der Waals surface area contributed by atoms with E-state index in [0.717, 1.165) is 31.2 Å². The Morgan fingerprint density at radius 2 is 1.89 bits per heavy atom. The summed E-state index contributed by atoms with van der Waals surface area (Å²) in [5.41, 5.74) is 0.900. The minimum absolute atomic E-state index is 0.0358. The van der Waals surface area contributed by atoms with Crippen LogP contribution in [0.1, 0.15) is 37.7 Å². The molecule has 1 aromatic carbocycles. The number of nitrogens with one attached hydrogen (secondary N) is 1. The van der Waals surface area contributed by atoms with Crippen molar-refractivity contribution in [1.29, 1.82) is 0 Å². The van der Waals surface area contributed by atoms with Crippen molar-refractivity contribution in [2.75, 3.05) is 0 Å². The van der Waals surface area contributed by atoms with Gasteiger partial charge in [0.05, 0.1) is 0 Å². The predicted molar refractivity (Wildman–Crippen MR) is 67.8 cm³/mol. The van der Waals surface area contributed by atoms with Crippen molar-refractivity contribution in [3.05, 3.63) is 35.9 Å². The zero-order chi connectivity index (χ0) is 12.6. The monoisotopic (exact) mass is 243 g/mol. The molecule has 3 rings (SSSR count). The van der Waals surface area contributed by atoms with E-state index in [9.17, 15) is 9.59 Å². The first-order chi connectivity index (χ1) is 8.72. The maximum atomic E-state index is 12.1. The van der Waals surface area contributed by atoms with E-state index in [1.807, 2.05) is 18.2 Å². The van der Waals surface area contributed by atoms with Gasteiger partial charge in [0.15, 0.2) is 0 Å². The van der Waals surface area contributed by atoms with E-state index in [2.05, 4.69) is 17.4 Å².